The normalized spacial score (nSPS) is 15.9. The molecule has 2 N–H and O–H groups in total. The Hall–Kier alpha value is -3.08. The van der Waals surface area contributed by atoms with Crippen molar-refractivity contribution >= 4 is 17.7 Å². The van der Waals surface area contributed by atoms with E-state index < -0.39 is 28.2 Å². The second-order valence-corrected chi connectivity index (χ2v) is 8.39. The van der Waals surface area contributed by atoms with Crippen LogP contribution in [0.4, 0.5) is 10.5 Å². The molecule has 2 rings (SSSR count). The predicted molar refractivity (Wildman–Crippen MR) is 115 cm³/mol. The van der Waals surface area contributed by atoms with Gasteiger partial charge in [-0.25, -0.2) is 4.79 Å². The lowest BCUT2D eigenvalue weighted by atomic mass is 10.1. The number of nitro groups is 1. The Kier molecular flexibility index (Phi) is 8.64. The number of hydrogen-bond acceptors (Lipinski definition) is 8. The van der Waals surface area contributed by atoms with Crippen molar-refractivity contribution in [3.63, 3.8) is 0 Å². The molecular formula is C21H31N3O8. The fraction of sp³-hybridized carbons (Fsp3) is 0.619. The van der Waals surface area contributed by atoms with Crippen LogP contribution in [0.5, 0.6) is 11.5 Å². The number of rotatable bonds is 9. The highest BCUT2D eigenvalue weighted by Crippen LogP contribution is 2.36. The van der Waals surface area contributed by atoms with Gasteiger partial charge in [0.1, 0.15) is 11.2 Å². The van der Waals surface area contributed by atoms with Crippen LogP contribution in [0.15, 0.2) is 12.1 Å². The average Bonchev–Trinajstić information content (AvgIpc) is 3.20. The summed E-state index contributed by atoms with van der Waals surface area (Å²) in [5.41, 5.74) is -1.12. The number of methoxy groups -OCH3 is 1. The highest BCUT2D eigenvalue weighted by molar-refractivity contribution is 5.99. The molecule has 2 amide bonds. The Labute approximate surface area is 186 Å². The fourth-order valence-corrected chi connectivity index (χ4v) is 3.35. The highest BCUT2D eigenvalue weighted by Gasteiger charge is 2.34. The molecule has 1 atom stereocenters. The van der Waals surface area contributed by atoms with Crippen LogP contribution in [0.25, 0.3) is 0 Å². The maximum absolute atomic E-state index is 12.9. The van der Waals surface area contributed by atoms with E-state index in [1.807, 2.05) is 0 Å². The molecule has 1 aromatic carbocycles. The predicted octanol–water partition coefficient (Wildman–Crippen LogP) is 2.49. The van der Waals surface area contributed by atoms with E-state index in [1.165, 1.54) is 18.1 Å². The van der Waals surface area contributed by atoms with Gasteiger partial charge >= 0.3 is 6.09 Å². The quantitative estimate of drug-likeness (QED) is 0.330. The molecule has 11 heteroatoms. The molecular weight excluding hydrogens is 422 g/mol. The molecule has 0 aliphatic carbocycles. The topological polar surface area (TPSA) is 140 Å². The van der Waals surface area contributed by atoms with Gasteiger partial charge in [0, 0.05) is 19.2 Å². The van der Waals surface area contributed by atoms with Gasteiger partial charge in [-0.05, 0) is 40.0 Å². The first kappa shape index (κ1) is 25.2. The van der Waals surface area contributed by atoms with Gasteiger partial charge in [-0.2, -0.15) is 0 Å². The van der Waals surface area contributed by atoms with Gasteiger partial charge in [-0.1, -0.05) is 0 Å². The van der Waals surface area contributed by atoms with Crippen molar-refractivity contribution in [1.82, 2.24) is 10.2 Å². The van der Waals surface area contributed by atoms with E-state index in [2.05, 4.69) is 5.32 Å². The molecule has 32 heavy (non-hydrogen) atoms. The maximum Gasteiger partial charge on any atom is 0.407 e. The van der Waals surface area contributed by atoms with Crippen LogP contribution in [-0.2, 0) is 4.74 Å². The third kappa shape index (κ3) is 6.71. The van der Waals surface area contributed by atoms with Gasteiger partial charge < -0.3 is 29.5 Å². The van der Waals surface area contributed by atoms with E-state index in [9.17, 15) is 24.8 Å². The summed E-state index contributed by atoms with van der Waals surface area (Å²) < 4.78 is 16.0. The van der Waals surface area contributed by atoms with Crippen molar-refractivity contribution in [1.29, 1.82) is 0 Å². The summed E-state index contributed by atoms with van der Waals surface area (Å²) in [6.45, 7) is 5.94. The van der Waals surface area contributed by atoms with Gasteiger partial charge in [-0.3, -0.25) is 14.9 Å². The summed E-state index contributed by atoms with van der Waals surface area (Å²) in [5.74, 6) is -0.230. The van der Waals surface area contributed by atoms with E-state index in [-0.39, 0.29) is 42.9 Å². The third-order valence-electron chi connectivity index (χ3n) is 4.80. The molecule has 0 bridgehead atoms. The Morgan fingerprint density at radius 3 is 2.62 bits per heavy atom. The molecule has 0 spiro atoms. The molecule has 11 nitrogen and oxygen atoms in total. The minimum absolute atomic E-state index is 0.119. The zero-order chi connectivity index (χ0) is 23.9. The van der Waals surface area contributed by atoms with Crippen LogP contribution in [0.2, 0.25) is 0 Å². The second kappa shape index (κ2) is 11.0. The molecule has 0 aromatic heterocycles. The van der Waals surface area contributed by atoms with Crippen molar-refractivity contribution in [3.05, 3.63) is 27.8 Å². The number of likely N-dealkylation sites (tertiary alicyclic amines) is 1. The van der Waals surface area contributed by atoms with Crippen molar-refractivity contribution < 1.29 is 33.8 Å². The number of ether oxygens (including phenoxy) is 3. The number of amides is 2. The van der Waals surface area contributed by atoms with Crippen LogP contribution < -0.4 is 14.8 Å². The number of aliphatic hydroxyl groups excluding tert-OH is 1. The van der Waals surface area contributed by atoms with Crippen LogP contribution in [-0.4, -0.2) is 72.0 Å². The van der Waals surface area contributed by atoms with E-state index in [0.717, 1.165) is 12.5 Å². The number of nitrogens with one attached hydrogen (secondary N) is 1. The molecule has 0 radical (unpaired) electrons. The first-order chi connectivity index (χ1) is 15.1. The molecule has 0 unspecified atom stereocenters. The number of nitrogens with zero attached hydrogens (tertiary/aromatic N) is 2. The van der Waals surface area contributed by atoms with Gasteiger partial charge in [0.15, 0.2) is 11.5 Å². The molecule has 1 aliphatic rings. The largest absolute Gasteiger partial charge is 0.493 e. The minimum atomic E-state index is -0.645. The van der Waals surface area contributed by atoms with Crippen molar-refractivity contribution in [2.75, 3.05) is 33.4 Å². The van der Waals surface area contributed by atoms with Gasteiger partial charge in [0.05, 0.1) is 37.4 Å². The van der Waals surface area contributed by atoms with Crippen LogP contribution in [0.3, 0.4) is 0 Å². The standard InChI is InChI=1S/C21H31N3O8/c1-21(2,3)32-20(27)22-8-6-10-31-18-12-16(24(28)29)15(11-17(18)30-4)19(26)23-9-5-7-14(23)13-25/h11-12,14,25H,5-10,13H2,1-4H3,(H,22,27)/t14-/m0/s1. The van der Waals surface area contributed by atoms with Gasteiger partial charge in [-0.15, -0.1) is 0 Å². The Morgan fingerprint density at radius 1 is 1.31 bits per heavy atom. The summed E-state index contributed by atoms with van der Waals surface area (Å²) in [6, 6.07) is 2.10. The number of benzene rings is 1. The van der Waals surface area contributed by atoms with Crippen molar-refractivity contribution in [3.8, 4) is 11.5 Å². The third-order valence-corrected chi connectivity index (χ3v) is 4.80. The first-order valence-corrected chi connectivity index (χ1v) is 10.4. The van der Waals surface area contributed by atoms with Crippen LogP contribution in [0.1, 0.15) is 50.4 Å². The molecule has 1 aliphatic heterocycles. The number of nitro benzene ring substituents is 1. The summed E-state index contributed by atoms with van der Waals surface area (Å²) in [7, 11) is 1.37. The zero-order valence-electron chi connectivity index (χ0n) is 18.9. The minimum Gasteiger partial charge on any atom is -0.493 e. The smallest absolute Gasteiger partial charge is 0.407 e. The first-order valence-electron chi connectivity index (χ1n) is 10.4. The number of alkyl carbamates (subject to hydrolysis) is 1. The van der Waals surface area contributed by atoms with E-state index >= 15 is 0 Å². The summed E-state index contributed by atoms with van der Waals surface area (Å²) in [4.78, 5) is 37.0. The maximum atomic E-state index is 12.9. The molecule has 1 aromatic rings. The number of hydrogen-bond donors (Lipinski definition) is 2. The van der Waals surface area contributed by atoms with Crippen LogP contribution >= 0.6 is 0 Å². The van der Waals surface area contributed by atoms with E-state index in [0.29, 0.717) is 19.4 Å². The van der Waals surface area contributed by atoms with Crippen molar-refractivity contribution in [2.45, 2.75) is 51.7 Å². The lowest BCUT2D eigenvalue weighted by molar-refractivity contribution is -0.385. The highest BCUT2D eigenvalue weighted by atomic mass is 16.6. The lowest BCUT2D eigenvalue weighted by Gasteiger charge is -2.23. The van der Waals surface area contributed by atoms with E-state index in [1.54, 1.807) is 20.8 Å². The van der Waals surface area contributed by atoms with Gasteiger partial charge in [0.25, 0.3) is 11.6 Å². The summed E-state index contributed by atoms with van der Waals surface area (Å²) in [6.07, 6.45) is 1.24. The summed E-state index contributed by atoms with van der Waals surface area (Å²) >= 11 is 0. The lowest BCUT2D eigenvalue weighted by Crippen LogP contribution is -2.37. The monoisotopic (exact) mass is 453 g/mol. The molecule has 1 fully saturated rings. The Balaban J connectivity index is 2.07. The summed E-state index contributed by atoms with van der Waals surface area (Å²) in [5, 5.41) is 23.7. The number of carbonyl (C=O) groups is 2. The van der Waals surface area contributed by atoms with Crippen molar-refractivity contribution in [2.24, 2.45) is 0 Å². The molecule has 1 heterocycles. The molecule has 178 valence electrons. The molecule has 0 saturated carbocycles. The van der Waals surface area contributed by atoms with E-state index in [4.69, 9.17) is 14.2 Å². The fourth-order valence-electron chi connectivity index (χ4n) is 3.35. The average molecular weight is 453 g/mol. The SMILES string of the molecule is COc1cc(C(=O)N2CCC[C@H]2CO)c([N+](=O)[O-])cc1OCCCNC(=O)OC(C)(C)C. The number of aliphatic hydroxyl groups is 1. The Morgan fingerprint density at radius 2 is 2.03 bits per heavy atom. The Bertz CT molecular complexity index is 837. The number of carbonyl (C=O) groups excluding carboxylic acids is 2. The molecule has 1 saturated heterocycles. The second-order valence-electron chi connectivity index (χ2n) is 8.39. The zero-order valence-corrected chi connectivity index (χ0v) is 18.9. The van der Waals surface area contributed by atoms with Crippen LogP contribution in [0, 0.1) is 10.1 Å². The van der Waals surface area contributed by atoms with Gasteiger partial charge in [0.2, 0.25) is 0 Å².